The van der Waals surface area contributed by atoms with Gasteiger partial charge in [0.1, 0.15) is 0 Å². The van der Waals surface area contributed by atoms with Crippen molar-refractivity contribution in [2.45, 2.75) is 0 Å². The fraction of sp³-hybridized carbons (Fsp3) is 0. The van der Waals surface area contributed by atoms with Gasteiger partial charge >= 0.3 is 11.8 Å². The van der Waals surface area contributed by atoms with Gasteiger partial charge in [-0.1, -0.05) is 36.4 Å². The van der Waals surface area contributed by atoms with Gasteiger partial charge in [-0.2, -0.15) is 9.98 Å². The summed E-state index contributed by atoms with van der Waals surface area (Å²) in [6.45, 7) is 0. The van der Waals surface area contributed by atoms with Crippen molar-refractivity contribution < 1.29 is 26.7 Å². The van der Waals surface area contributed by atoms with E-state index < -0.39 is 0 Å². The van der Waals surface area contributed by atoms with Crippen LogP contribution in [0.4, 0.5) is 0 Å². The molecule has 1 radical (unpaired) electrons. The van der Waals surface area contributed by atoms with Crippen LogP contribution in [0, 0.1) is 10.4 Å². The first-order valence-electron chi connectivity index (χ1n) is 6.90. The van der Waals surface area contributed by atoms with E-state index in [1.165, 1.54) is 0 Å². The van der Waals surface area contributed by atoms with E-state index in [1.54, 1.807) is 59.5 Å². The number of fused-ring (bicyclic) bond motifs is 2. The molecule has 0 saturated heterocycles. The summed E-state index contributed by atoms with van der Waals surface area (Å²) in [5.41, 5.74) is 3.60. The molecule has 2 amide bonds. The molecule has 0 saturated carbocycles. The molecule has 0 aromatic heterocycles. The monoisotopic (exact) mass is 387 g/mol. The smallest absolute Gasteiger partial charge is 0.464 e. The van der Waals surface area contributed by atoms with Crippen molar-refractivity contribution in [1.82, 2.24) is 11.0 Å². The van der Waals surface area contributed by atoms with E-state index >= 15 is 0 Å². The molecule has 25 heavy (non-hydrogen) atoms. The average Bonchev–Trinajstić information content (AvgIpc) is 3.09. The summed E-state index contributed by atoms with van der Waals surface area (Å²) in [7, 11) is 0. The minimum absolute atomic E-state index is 0. The summed E-state index contributed by atoms with van der Waals surface area (Å²) in [6, 6.07) is 14.1. The van der Waals surface area contributed by atoms with Crippen molar-refractivity contribution >= 4 is 23.2 Å². The number of hydroxylamine groups is 2. The first-order valence-corrected chi connectivity index (χ1v) is 6.90. The van der Waals surface area contributed by atoms with Gasteiger partial charge in [-0.25, -0.2) is 0 Å². The molecule has 8 nitrogen and oxygen atoms in total. The number of hydrogen-bond donors (Lipinski definition) is 2. The molecular formula is C16H12CuN4O4. The molecule has 0 unspecified atom stereocenters. The second-order valence-electron chi connectivity index (χ2n) is 4.86. The molecule has 131 valence electrons. The van der Waals surface area contributed by atoms with Crippen molar-refractivity contribution in [3.63, 3.8) is 0 Å². The number of carbonyl (C=O) groups excluding carboxylic acids is 2. The molecule has 4 N–H and O–H groups in total. The van der Waals surface area contributed by atoms with Gasteiger partial charge in [-0.15, -0.1) is 0 Å². The normalized spacial score (nSPS) is 13.5. The maximum atomic E-state index is 10.4. The van der Waals surface area contributed by atoms with Crippen molar-refractivity contribution in [1.29, 1.82) is 0 Å². The zero-order valence-corrected chi connectivity index (χ0v) is 13.5. The van der Waals surface area contributed by atoms with E-state index in [1.807, 2.05) is 0 Å². The maximum absolute atomic E-state index is 10.4. The van der Waals surface area contributed by atoms with Gasteiger partial charge in [-0.05, 0) is 12.1 Å². The van der Waals surface area contributed by atoms with Crippen LogP contribution in [0.5, 0.6) is 0 Å². The Hall–Kier alpha value is -2.84. The van der Waals surface area contributed by atoms with Crippen LogP contribution < -0.4 is 32.1 Å². The zero-order valence-electron chi connectivity index (χ0n) is 12.5. The number of nitrogens with zero attached hydrogens (tertiary/aromatic N) is 2. The summed E-state index contributed by atoms with van der Waals surface area (Å²) in [4.78, 5) is 25.9. The molecule has 0 atom stereocenters. The first kappa shape index (κ1) is 18.5. The van der Waals surface area contributed by atoms with E-state index in [4.69, 9.17) is 9.59 Å². The quantitative estimate of drug-likeness (QED) is 0.351. The van der Waals surface area contributed by atoms with E-state index in [-0.39, 0.29) is 40.3 Å². The van der Waals surface area contributed by atoms with Crippen molar-refractivity contribution in [3.05, 3.63) is 80.1 Å². The third kappa shape index (κ3) is 3.49. The molecule has 0 spiro atoms. The SMILES string of the molecule is [Cu].[O-]NC1=c2ccccc2=NC1=[OH+].[O-]NC1=c2ccccc2=NC1=[OH+]. The largest absolute Gasteiger partial charge is 0.761 e. The summed E-state index contributed by atoms with van der Waals surface area (Å²) >= 11 is 0. The predicted octanol–water partition coefficient (Wildman–Crippen LogP) is -1.97. The molecule has 9 heteroatoms. The maximum Gasteiger partial charge on any atom is 0.464 e. The fourth-order valence-corrected chi connectivity index (χ4v) is 2.35. The minimum Gasteiger partial charge on any atom is -0.761 e. The van der Waals surface area contributed by atoms with Gasteiger partial charge < -0.3 is 21.4 Å². The van der Waals surface area contributed by atoms with Gasteiger partial charge in [0.05, 0.1) is 10.7 Å². The van der Waals surface area contributed by atoms with E-state index in [0.717, 1.165) is 0 Å². The number of para-hydroxylation sites is 2. The Kier molecular flexibility index (Phi) is 5.79. The Morgan fingerprint density at radius 2 is 1.04 bits per heavy atom. The number of nitrogens with one attached hydrogen (secondary N) is 2. The summed E-state index contributed by atoms with van der Waals surface area (Å²) in [5, 5.41) is 23.3. The van der Waals surface area contributed by atoms with Crippen LogP contribution in [0.3, 0.4) is 0 Å². The minimum atomic E-state index is -0.244. The molecule has 4 rings (SSSR count). The van der Waals surface area contributed by atoms with Gasteiger partial charge in [0, 0.05) is 27.5 Å². The Morgan fingerprint density at radius 3 is 1.40 bits per heavy atom. The van der Waals surface area contributed by atoms with E-state index in [0.29, 0.717) is 21.2 Å². The van der Waals surface area contributed by atoms with Crippen LogP contribution >= 0.6 is 0 Å². The summed E-state index contributed by atoms with van der Waals surface area (Å²) < 4.78 is 0. The van der Waals surface area contributed by atoms with Crippen molar-refractivity contribution in [2.75, 3.05) is 0 Å². The van der Waals surface area contributed by atoms with Crippen LogP contribution in [0.1, 0.15) is 0 Å². The predicted molar refractivity (Wildman–Crippen MR) is 88.2 cm³/mol. The molecule has 2 aromatic rings. The van der Waals surface area contributed by atoms with E-state index in [2.05, 4.69) is 9.98 Å². The van der Waals surface area contributed by atoms with E-state index in [9.17, 15) is 10.4 Å². The third-order valence-corrected chi connectivity index (χ3v) is 3.45. The van der Waals surface area contributed by atoms with Crippen LogP contribution in [0.15, 0.2) is 58.5 Å². The second-order valence-corrected chi connectivity index (χ2v) is 4.86. The molecular weight excluding hydrogens is 376 g/mol. The van der Waals surface area contributed by atoms with Crippen molar-refractivity contribution in [2.24, 2.45) is 9.98 Å². The van der Waals surface area contributed by atoms with Crippen molar-refractivity contribution in [3.8, 4) is 0 Å². The van der Waals surface area contributed by atoms with Crippen LogP contribution in [-0.2, 0) is 17.1 Å². The molecule has 0 fully saturated rings. The standard InChI is InChI=1S/2C8H5N2O2.Cu/c2*11-8-7(10-12)5-3-1-2-4-6(5)9-8;/h2*1-4H,(H-,9,10,11,12);/q2*-1;/p+2. The Bertz CT molecular complexity index is 994. The fourth-order valence-electron chi connectivity index (χ4n) is 2.35. The third-order valence-electron chi connectivity index (χ3n) is 3.45. The average molecular weight is 388 g/mol. The van der Waals surface area contributed by atoms with Gasteiger partial charge in [-0.3, -0.25) is 9.59 Å². The molecule has 0 bridgehead atoms. The Morgan fingerprint density at radius 1 is 0.680 bits per heavy atom. The molecule has 2 aliphatic heterocycles. The first-order chi connectivity index (χ1) is 11.7. The molecule has 0 aliphatic carbocycles. The van der Waals surface area contributed by atoms with Crippen LogP contribution in [-0.4, -0.2) is 21.4 Å². The van der Waals surface area contributed by atoms with Crippen LogP contribution in [0.2, 0.25) is 0 Å². The Labute approximate surface area is 151 Å². The van der Waals surface area contributed by atoms with Gasteiger partial charge in [0.15, 0.2) is 11.4 Å². The zero-order chi connectivity index (χ0) is 17.1. The second kappa shape index (κ2) is 7.82. The molecule has 2 aromatic carbocycles. The molecule has 2 aliphatic rings. The number of rotatable bonds is 2. The number of hydrogen-bond acceptors (Lipinski definition) is 4. The number of amides is 2. The summed E-state index contributed by atoms with van der Waals surface area (Å²) in [5.74, 6) is -0.489. The topological polar surface area (TPSA) is 138 Å². The van der Waals surface area contributed by atoms with Gasteiger partial charge in [0.2, 0.25) is 0 Å². The Balaban J connectivity index is 0.000000173. The number of benzene rings is 2. The van der Waals surface area contributed by atoms with Crippen LogP contribution in [0.25, 0.3) is 11.4 Å². The summed E-state index contributed by atoms with van der Waals surface area (Å²) in [6.07, 6.45) is 0. The molecule has 2 heterocycles. The van der Waals surface area contributed by atoms with Gasteiger partial charge in [0.25, 0.3) is 0 Å².